The predicted octanol–water partition coefficient (Wildman–Crippen LogP) is 4.26. The number of aryl methyl sites for hydroxylation is 1. The average Bonchev–Trinajstić information content (AvgIpc) is 2.47. The molecule has 2 aromatic rings. The Bertz CT molecular complexity index is 531. The number of nitrogens with zero attached hydrogens (tertiary/aromatic N) is 1. The number of anilines is 2. The Morgan fingerprint density at radius 1 is 1.00 bits per heavy atom. The first-order valence-corrected chi connectivity index (χ1v) is 7.30. The Labute approximate surface area is 122 Å². The Hall–Kier alpha value is -1.80. The molecule has 0 amide bonds. The zero-order valence-corrected chi connectivity index (χ0v) is 12.7. The molecule has 2 rings (SSSR count). The minimum Gasteiger partial charge on any atom is -0.345 e. The number of hydrogen-bond acceptors (Lipinski definition) is 2. The van der Waals surface area contributed by atoms with Crippen molar-refractivity contribution in [2.24, 2.45) is 0 Å². The third-order valence-electron chi connectivity index (χ3n) is 3.47. The normalized spacial score (nSPS) is 10.6. The summed E-state index contributed by atoms with van der Waals surface area (Å²) in [6, 6.07) is 17.3. The van der Waals surface area contributed by atoms with Crippen LogP contribution in [0.4, 0.5) is 11.4 Å². The predicted molar refractivity (Wildman–Crippen MR) is 87.7 cm³/mol. The van der Waals surface area contributed by atoms with E-state index in [0.29, 0.717) is 0 Å². The van der Waals surface area contributed by atoms with Crippen LogP contribution >= 0.6 is 0 Å². The Balaban J connectivity index is 2.05. The molecule has 0 aliphatic rings. The van der Waals surface area contributed by atoms with Crippen LogP contribution in [0.1, 0.15) is 24.5 Å². The van der Waals surface area contributed by atoms with Crippen molar-refractivity contribution in [3.63, 3.8) is 0 Å². The summed E-state index contributed by atoms with van der Waals surface area (Å²) in [5.74, 6) is 0. The summed E-state index contributed by atoms with van der Waals surface area (Å²) in [5, 5.41) is 3.43. The monoisotopic (exact) mass is 268 g/mol. The van der Waals surface area contributed by atoms with Crippen molar-refractivity contribution in [1.82, 2.24) is 5.32 Å². The Morgan fingerprint density at radius 3 is 2.40 bits per heavy atom. The molecular weight excluding hydrogens is 244 g/mol. The highest BCUT2D eigenvalue weighted by molar-refractivity contribution is 5.63. The van der Waals surface area contributed by atoms with Crippen molar-refractivity contribution >= 4 is 11.4 Å². The van der Waals surface area contributed by atoms with Gasteiger partial charge in [0.1, 0.15) is 0 Å². The van der Waals surface area contributed by atoms with Crippen LogP contribution in [0.25, 0.3) is 0 Å². The highest BCUT2D eigenvalue weighted by Gasteiger charge is 2.03. The van der Waals surface area contributed by atoms with Crippen LogP contribution < -0.4 is 10.2 Å². The molecular formula is C18H24N2. The molecule has 1 N–H and O–H groups in total. The fraction of sp³-hybridized carbons (Fsp3) is 0.333. The molecule has 0 unspecified atom stereocenters. The molecule has 0 saturated heterocycles. The lowest BCUT2D eigenvalue weighted by Crippen LogP contribution is -2.14. The zero-order chi connectivity index (χ0) is 14.4. The van der Waals surface area contributed by atoms with Crippen LogP contribution in [0, 0.1) is 6.92 Å². The Morgan fingerprint density at radius 2 is 1.75 bits per heavy atom. The largest absolute Gasteiger partial charge is 0.345 e. The number of nitrogens with one attached hydrogen (secondary N) is 1. The third kappa shape index (κ3) is 3.84. The van der Waals surface area contributed by atoms with E-state index in [4.69, 9.17) is 0 Å². The van der Waals surface area contributed by atoms with Gasteiger partial charge >= 0.3 is 0 Å². The van der Waals surface area contributed by atoms with Crippen molar-refractivity contribution in [2.75, 3.05) is 18.5 Å². The van der Waals surface area contributed by atoms with E-state index in [1.54, 1.807) is 0 Å². The van der Waals surface area contributed by atoms with Crippen molar-refractivity contribution in [3.8, 4) is 0 Å². The lowest BCUT2D eigenvalue weighted by atomic mass is 10.1. The van der Waals surface area contributed by atoms with E-state index in [0.717, 1.165) is 13.1 Å². The molecule has 2 heteroatoms. The van der Waals surface area contributed by atoms with E-state index in [2.05, 4.69) is 79.6 Å². The second-order valence-electron chi connectivity index (χ2n) is 5.24. The molecule has 0 atom stereocenters. The van der Waals surface area contributed by atoms with Gasteiger partial charge in [0.15, 0.2) is 0 Å². The molecule has 0 radical (unpaired) electrons. The minimum absolute atomic E-state index is 0.947. The van der Waals surface area contributed by atoms with Crippen molar-refractivity contribution in [2.45, 2.75) is 26.8 Å². The smallest absolute Gasteiger partial charge is 0.0410 e. The molecule has 0 spiro atoms. The molecule has 2 nitrogen and oxygen atoms in total. The average molecular weight is 268 g/mol. The van der Waals surface area contributed by atoms with Crippen LogP contribution in [0.5, 0.6) is 0 Å². The van der Waals surface area contributed by atoms with E-state index in [1.165, 1.54) is 28.9 Å². The minimum atomic E-state index is 0.947. The van der Waals surface area contributed by atoms with Gasteiger partial charge in [-0.05, 0) is 55.3 Å². The fourth-order valence-corrected chi connectivity index (χ4v) is 2.23. The summed E-state index contributed by atoms with van der Waals surface area (Å²) in [6.45, 7) is 6.33. The number of benzene rings is 2. The number of hydrogen-bond donors (Lipinski definition) is 1. The molecule has 0 fully saturated rings. The zero-order valence-electron chi connectivity index (χ0n) is 12.7. The van der Waals surface area contributed by atoms with Gasteiger partial charge in [-0.3, -0.25) is 0 Å². The lowest BCUT2D eigenvalue weighted by molar-refractivity contribution is 0.675. The maximum absolute atomic E-state index is 3.43. The Kier molecular flexibility index (Phi) is 5.19. The van der Waals surface area contributed by atoms with Gasteiger partial charge in [-0.1, -0.05) is 31.2 Å². The second kappa shape index (κ2) is 7.11. The van der Waals surface area contributed by atoms with Crippen LogP contribution in [-0.2, 0) is 6.54 Å². The van der Waals surface area contributed by atoms with Gasteiger partial charge in [-0.15, -0.1) is 0 Å². The van der Waals surface area contributed by atoms with E-state index in [1.807, 2.05) is 0 Å². The van der Waals surface area contributed by atoms with E-state index in [-0.39, 0.29) is 0 Å². The number of rotatable bonds is 6. The molecule has 2 aromatic carbocycles. The van der Waals surface area contributed by atoms with Gasteiger partial charge < -0.3 is 10.2 Å². The summed E-state index contributed by atoms with van der Waals surface area (Å²) in [5.41, 5.74) is 5.06. The first-order valence-electron chi connectivity index (χ1n) is 7.30. The lowest BCUT2D eigenvalue weighted by Gasteiger charge is -2.20. The molecule has 0 saturated carbocycles. The molecule has 0 heterocycles. The third-order valence-corrected chi connectivity index (χ3v) is 3.47. The van der Waals surface area contributed by atoms with Crippen LogP contribution in [0.3, 0.4) is 0 Å². The van der Waals surface area contributed by atoms with Gasteiger partial charge in [-0.25, -0.2) is 0 Å². The van der Waals surface area contributed by atoms with Crippen molar-refractivity contribution in [3.05, 3.63) is 59.7 Å². The summed E-state index contributed by atoms with van der Waals surface area (Å²) >= 11 is 0. The fourth-order valence-electron chi connectivity index (χ4n) is 2.23. The summed E-state index contributed by atoms with van der Waals surface area (Å²) in [7, 11) is 2.11. The standard InChI is InChI=1S/C18H24N2/c1-4-12-19-14-16-8-10-17(11-9-16)20(3)18-7-5-6-15(2)13-18/h5-11,13,19H,4,12,14H2,1-3H3. The van der Waals surface area contributed by atoms with E-state index in [9.17, 15) is 0 Å². The highest BCUT2D eigenvalue weighted by atomic mass is 15.1. The van der Waals surface area contributed by atoms with Gasteiger partial charge in [-0.2, -0.15) is 0 Å². The maximum atomic E-state index is 3.43. The topological polar surface area (TPSA) is 15.3 Å². The molecule has 106 valence electrons. The van der Waals surface area contributed by atoms with E-state index < -0.39 is 0 Å². The van der Waals surface area contributed by atoms with Crippen LogP contribution in [0.2, 0.25) is 0 Å². The van der Waals surface area contributed by atoms with Crippen LogP contribution in [0.15, 0.2) is 48.5 Å². The van der Waals surface area contributed by atoms with Crippen molar-refractivity contribution < 1.29 is 0 Å². The maximum Gasteiger partial charge on any atom is 0.0410 e. The van der Waals surface area contributed by atoms with Crippen molar-refractivity contribution in [1.29, 1.82) is 0 Å². The first-order chi connectivity index (χ1) is 9.70. The van der Waals surface area contributed by atoms with Gasteiger partial charge in [0, 0.05) is 25.0 Å². The molecule has 0 aliphatic heterocycles. The summed E-state index contributed by atoms with van der Waals surface area (Å²) in [4.78, 5) is 2.22. The first kappa shape index (κ1) is 14.6. The van der Waals surface area contributed by atoms with Gasteiger partial charge in [0.2, 0.25) is 0 Å². The SMILES string of the molecule is CCCNCc1ccc(N(C)c2cccc(C)c2)cc1. The van der Waals surface area contributed by atoms with Gasteiger partial charge in [0.05, 0.1) is 0 Å². The summed E-state index contributed by atoms with van der Waals surface area (Å²) < 4.78 is 0. The van der Waals surface area contributed by atoms with Gasteiger partial charge in [0.25, 0.3) is 0 Å². The second-order valence-corrected chi connectivity index (χ2v) is 5.24. The molecule has 0 bridgehead atoms. The molecule has 0 aromatic heterocycles. The highest BCUT2D eigenvalue weighted by Crippen LogP contribution is 2.24. The van der Waals surface area contributed by atoms with Crippen LogP contribution in [-0.4, -0.2) is 13.6 Å². The quantitative estimate of drug-likeness (QED) is 0.787. The van der Waals surface area contributed by atoms with E-state index >= 15 is 0 Å². The summed E-state index contributed by atoms with van der Waals surface area (Å²) in [6.07, 6.45) is 1.17. The molecule has 20 heavy (non-hydrogen) atoms. The molecule has 0 aliphatic carbocycles.